The fraction of sp³-hybridized carbons (Fsp3) is 0.385. The Labute approximate surface area is 185 Å². The molecule has 162 valence electrons. The van der Waals surface area contributed by atoms with Crippen LogP contribution in [-0.2, 0) is 14.3 Å². The lowest BCUT2D eigenvalue weighted by Gasteiger charge is -2.33. The molecule has 4 aliphatic rings. The van der Waals surface area contributed by atoms with E-state index in [1.807, 2.05) is 30.3 Å². The van der Waals surface area contributed by atoms with Crippen LogP contribution in [0.1, 0.15) is 64.5 Å². The van der Waals surface area contributed by atoms with Gasteiger partial charge in [0.25, 0.3) is 0 Å². The Kier molecular flexibility index (Phi) is 4.24. The molecule has 0 unspecified atom stereocenters. The van der Waals surface area contributed by atoms with E-state index in [4.69, 9.17) is 4.74 Å². The van der Waals surface area contributed by atoms with Crippen LogP contribution < -0.4 is 0 Å². The van der Waals surface area contributed by atoms with Gasteiger partial charge in [-0.3, -0.25) is 24.1 Å². The van der Waals surface area contributed by atoms with Crippen LogP contribution in [0.4, 0.5) is 0 Å². The van der Waals surface area contributed by atoms with E-state index in [2.05, 4.69) is 0 Å². The second-order valence-electron chi connectivity index (χ2n) is 9.23. The number of hydrogen-bond donors (Lipinski definition) is 0. The Balaban J connectivity index is 1.51. The van der Waals surface area contributed by atoms with E-state index in [1.165, 1.54) is 4.90 Å². The molecule has 0 aromatic heterocycles. The Hall–Kier alpha value is -3.12. The molecule has 6 heteroatoms. The first-order valence-corrected chi connectivity index (χ1v) is 11.3. The predicted molar refractivity (Wildman–Crippen MR) is 114 cm³/mol. The van der Waals surface area contributed by atoms with Gasteiger partial charge in [-0.15, -0.1) is 0 Å². The summed E-state index contributed by atoms with van der Waals surface area (Å²) in [6, 6.07) is 15.5. The molecule has 2 saturated heterocycles. The van der Waals surface area contributed by atoms with Gasteiger partial charge in [-0.2, -0.15) is 0 Å². The molecule has 3 fully saturated rings. The smallest absolute Gasteiger partial charge is 0.237 e. The summed E-state index contributed by atoms with van der Waals surface area (Å²) in [5.74, 6) is -3.76. The highest BCUT2D eigenvalue weighted by Crippen LogP contribution is 2.57. The third-order valence-electron chi connectivity index (χ3n) is 7.62. The van der Waals surface area contributed by atoms with Gasteiger partial charge in [-0.1, -0.05) is 73.9 Å². The summed E-state index contributed by atoms with van der Waals surface area (Å²) in [5, 5.41) is 0. The number of fused-ring (bicyclic) bond motifs is 3. The summed E-state index contributed by atoms with van der Waals surface area (Å²) in [4.78, 5) is 56.2. The first-order valence-electron chi connectivity index (χ1n) is 11.3. The molecule has 6 nitrogen and oxygen atoms in total. The quantitative estimate of drug-likeness (QED) is 0.539. The average Bonchev–Trinajstić information content (AvgIpc) is 3.40. The van der Waals surface area contributed by atoms with Crippen LogP contribution in [-0.4, -0.2) is 39.9 Å². The van der Waals surface area contributed by atoms with E-state index in [0.29, 0.717) is 5.56 Å². The van der Waals surface area contributed by atoms with Gasteiger partial charge < -0.3 is 4.74 Å². The standard InChI is InChI=1S/C26H23NO5/c28-22-17-13-7-8-14-18(17)23(29)26(22)20-19(21(32-26)15-9-3-1-4-10-15)24(30)27(25(20)31)16-11-5-2-6-12-16/h1,3-4,7-10,13-14,16,19-21H,2,5-6,11-12H2/t19-,20+,21+/m0/s1. The molecule has 2 aromatic carbocycles. The third-order valence-corrected chi connectivity index (χ3v) is 7.62. The molecule has 6 rings (SSSR count). The Morgan fingerprint density at radius 2 is 1.34 bits per heavy atom. The molecule has 1 saturated carbocycles. The SMILES string of the molecule is O=C1[C@@H]2[C@@H](c3ccccc3)OC3(C(=O)c4ccccc4C3=O)[C@H]2C(=O)N1C1CCCCC1. The second-order valence-corrected chi connectivity index (χ2v) is 9.23. The number of Topliss-reactive ketones (excluding diaryl/α,β-unsaturated/α-hetero) is 2. The van der Waals surface area contributed by atoms with E-state index >= 15 is 0 Å². The number of imide groups is 1. The lowest BCUT2D eigenvalue weighted by atomic mass is 9.77. The van der Waals surface area contributed by atoms with Crippen LogP contribution in [0.15, 0.2) is 54.6 Å². The maximum absolute atomic E-state index is 13.8. The minimum atomic E-state index is -1.97. The van der Waals surface area contributed by atoms with Crippen molar-refractivity contribution in [2.24, 2.45) is 11.8 Å². The van der Waals surface area contributed by atoms with Gasteiger partial charge in [0.2, 0.25) is 29.0 Å². The fourth-order valence-corrected chi connectivity index (χ4v) is 6.18. The van der Waals surface area contributed by atoms with E-state index in [0.717, 1.165) is 32.1 Å². The molecular formula is C26H23NO5. The molecule has 32 heavy (non-hydrogen) atoms. The van der Waals surface area contributed by atoms with E-state index < -0.39 is 41.0 Å². The number of benzene rings is 2. The number of amides is 2. The lowest BCUT2D eigenvalue weighted by Crippen LogP contribution is -2.52. The van der Waals surface area contributed by atoms with Crippen molar-refractivity contribution in [2.45, 2.75) is 49.9 Å². The lowest BCUT2D eigenvalue weighted by molar-refractivity contribution is -0.148. The van der Waals surface area contributed by atoms with Crippen LogP contribution >= 0.6 is 0 Å². The summed E-state index contributed by atoms with van der Waals surface area (Å²) in [5.41, 5.74) is -0.740. The molecule has 3 atom stereocenters. The second kappa shape index (κ2) is 6.94. The van der Waals surface area contributed by atoms with Crippen LogP contribution in [0.25, 0.3) is 0 Å². The van der Waals surface area contributed by atoms with Crippen molar-refractivity contribution in [3.05, 3.63) is 71.3 Å². The summed E-state index contributed by atoms with van der Waals surface area (Å²) >= 11 is 0. The van der Waals surface area contributed by atoms with Crippen molar-refractivity contribution in [3.8, 4) is 0 Å². The highest BCUT2D eigenvalue weighted by molar-refractivity contribution is 6.35. The molecule has 0 N–H and O–H groups in total. The van der Waals surface area contributed by atoms with Crippen LogP contribution in [0.5, 0.6) is 0 Å². The predicted octanol–water partition coefficient (Wildman–Crippen LogP) is 3.51. The maximum atomic E-state index is 13.8. The summed E-state index contributed by atoms with van der Waals surface area (Å²) in [7, 11) is 0. The zero-order chi connectivity index (χ0) is 22.0. The van der Waals surface area contributed by atoms with Crippen molar-refractivity contribution in [3.63, 3.8) is 0 Å². The number of rotatable bonds is 2. The van der Waals surface area contributed by atoms with Crippen molar-refractivity contribution in [1.29, 1.82) is 0 Å². The third kappa shape index (κ3) is 2.39. The van der Waals surface area contributed by atoms with Gasteiger partial charge in [0, 0.05) is 17.2 Å². The minimum Gasteiger partial charge on any atom is -0.349 e. The number of hydrogen-bond acceptors (Lipinski definition) is 5. The highest BCUT2D eigenvalue weighted by atomic mass is 16.5. The Morgan fingerprint density at radius 1 is 0.750 bits per heavy atom. The summed E-state index contributed by atoms with van der Waals surface area (Å²) in [6.07, 6.45) is 3.72. The van der Waals surface area contributed by atoms with Crippen molar-refractivity contribution < 1.29 is 23.9 Å². The van der Waals surface area contributed by atoms with Crippen LogP contribution in [0.3, 0.4) is 0 Å². The highest BCUT2D eigenvalue weighted by Gasteiger charge is 2.75. The maximum Gasteiger partial charge on any atom is 0.237 e. The summed E-state index contributed by atoms with van der Waals surface area (Å²) in [6.45, 7) is 0. The number of carbonyl (C=O) groups excluding carboxylic acids is 4. The monoisotopic (exact) mass is 429 g/mol. The van der Waals surface area contributed by atoms with Gasteiger partial charge in [0.15, 0.2) is 0 Å². The van der Waals surface area contributed by atoms with Gasteiger partial charge in [0.1, 0.15) is 0 Å². The number of ether oxygens (including phenoxy) is 1. The molecule has 1 spiro atoms. The largest absolute Gasteiger partial charge is 0.349 e. The van der Waals surface area contributed by atoms with E-state index in [-0.39, 0.29) is 23.1 Å². The van der Waals surface area contributed by atoms with Crippen molar-refractivity contribution >= 4 is 23.4 Å². The van der Waals surface area contributed by atoms with E-state index in [1.54, 1.807) is 24.3 Å². The molecule has 2 aliphatic carbocycles. The topological polar surface area (TPSA) is 80.8 Å². The molecule has 0 radical (unpaired) electrons. The number of ketones is 2. The van der Waals surface area contributed by atoms with Gasteiger partial charge in [-0.25, -0.2) is 0 Å². The van der Waals surface area contributed by atoms with Gasteiger partial charge in [0.05, 0.1) is 17.9 Å². The molecular weight excluding hydrogens is 406 g/mol. The summed E-state index contributed by atoms with van der Waals surface area (Å²) < 4.78 is 6.28. The average molecular weight is 429 g/mol. The number of likely N-dealkylation sites (tertiary alicyclic amines) is 1. The normalized spacial score (nSPS) is 29.1. The first-order chi connectivity index (χ1) is 15.6. The molecule has 2 heterocycles. The van der Waals surface area contributed by atoms with Crippen molar-refractivity contribution in [1.82, 2.24) is 4.90 Å². The van der Waals surface area contributed by atoms with Gasteiger partial charge >= 0.3 is 0 Å². The zero-order valence-corrected chi connectivity index (χ0v) is 17.5. The fourth-order valence-electron chi connectivity index (χ4n) is 6.18. The minimum absolute atomic E-state index is 0.170. The van der Waals surface area contributed by atoms with Gasteiger partial charge in [-0.05, 0) is 18.4 Å². The Bertz CT molecular complexity index is 1110. The Morgan fingerprint density at radius 3 is 1.97 bits per heavy atom. The van der Waals surface area contributed by atoms with Crippen LogP contribution in [0.2, 0.25) is 0 Å². The zero-order valence-electron chi connectivity index (χ0n) is 17.5. The molecule has 2 aromatic rings. The number of nitrogens with zero attached hydrogens (tertiary/aromatic N) is 1. The van der Waals surface area contributed by atoms with Crippen molar-refractivity contribution in [2.75, 3.05) is 0 Å². The molecule has 0 bridgehead atoms. The first kappa shape index (κ1) is 19.6. The van der Waals surface area contributed by atoms with Crippen LogP contribution in [0, 0.1) is 11.8 Å². The molecule has 2 amide bonds. The molecule has 2 aliphatic heterocycles. The number of carbonyl (C=O) groups is 4. The van der Waals surface area contributed by atoms with E-state index in [9.17, 15) is 19.2 Å².